The summed E-state index contributed by atoms with van der Waals surface area (Å²) in [6.07, 6.45) is 0. The number of carbonyl (C=O) groups excluding carboxylic acids is 2. The van der Waals surface area contributed by atoms with Crippen molar-refractivity contribution in [3.8, 4) is 5.75 Å². The first-order valence-corrected chi connectivity index (χ1v) is 7.52. The zero-order chi connectivity index (χ0) is 16.7. The first kappa shape index (κ1) is 16.8. The van der Waals surface area contributed by atoms with Crippen LogP contribution in [-0.4, -0.2) is 25.0 Å². The van der Waals surface area contributed by atoms with Gasteiger partial charge in [0.2, 0.25) is 0 Å². The minimum atomic E-state index is -0.286. The van der Waals surface area contributed by atoms with Gasteiger partial charge in [0.1, 0.15) is 5.75 Å². The lowest BCUT2D eigenvalue weighted by Crippen LogP contribution is -2.23. The van der Waals surface area contributed by atoms with Gasteiger partial charge in [-0.1, -0.05) is 11.6 Å². The van der Waals surface area contributed by atoms with Gasteiger partial charge in [-0.25, -0.2) is 0 Å². The zero-order valence-corrected chi connectivity index (χ0v) is 13.4. The molecule has 120 valence electrons. The Bertz CT molecular complexity index is 669. The molecule has 2 aromatic carbocycles. The van der Waals surface area contributed by atoms with Crippen LogP contribution in [0.15, 0.2) is 48.5 Å². The molecule has 0 fully saturated rings. The van der Waals surface area contributed by atoms with Gasteiger partial charge in [-0.2, -0.15) is 0 Å². The highest BCUT2D eigenvalue weighted by Crippen LogP contribution is 2.15. The van der Waals surface area contributed by atoms with E-state index in [2.05, 4.69) is 10.6 Å². The van der Waals surface area contributed by atoms with Crippen LogP contribution in [0.3, 0.4) is 0 Å². The van der Waals surface area contributed by atoms with E-state index in [1.807, 2.05) is 6.92 Å². The zero-order valence-electron chi connectivity index (χ0n) is 12.6. The number of rotatable bonds is 6. The van der Waals surface area contributed by atoms with E-state index < -0.39 is 0 Å². The van der Waals surface area contributed by atoms with Crippen molar-refractivity contribution in [2.75, 3.05) is 18.5 Å². The third-order valence-electron chi connectivity index (χ3n) is 2.95. The summed E-state index contributed by atoms with van der Waals surface area (Å²) in [6.45, 7) is 2.31. The molecule has 0 spiro atoms. The average Bonchev–Trinajstić information content (AvgIpc) is 2.55. The number of ether oxygens (including phenoxy) is 1. The molecule has 0 bridgehead atoms. The molecule has 2 rings (SSSR count). The maximum Gasteiger partial charge on any atom is 0.262 e. The number of carbonyl (C=O) groups is 2. The number of halogens is 1. The summed E-state index contributed by atoms with van der Waals surface area (Å²) in [5, 5.41) is 6.01. The Morgan fingerprint density at radius 1 is 1.04 bits per heavy atom. The Hall–Kier alpha value is -2.53. The summed E-state index contributed by atoms with van der Waals surface area (Å²) < 4.78 is 5.35. The Labute approximate surface area is 139 Å². The molecule has 0 aliphatic rings. The summed E-state index contributed by atoms with van der Waals surface area (Å²) in [7, 11) is 0. The second kappa shape index (κ2) is 8.19. The normalized spacial score (nSPS) is 10.0. The van der Waals surface area contributed by atoms with E-state index in [1.165, 1.54) is 0 Å². The second-order valence-electron chi connectivity index (χ2n) is 4.73. The maximum absolute atomic E-state index is 11.8. The van der Waals surface area contributed by atoms with Crippen molar-refractivity contribution in [1.82, 2.24) is 5.32 Å². The predicted octanol–water partition coefficient (Wildman–Crippen LogP) is 3.11. The quantitative estimate of drug-likeness (QED) is 0.854. The molecule has 0 aliphatic heterocycles. The Balaban J connectivity index is 1.85. The van der Waals surface area contributed by atoms with Gasteiger partial charge < -0.3 is 15.4 Å². The van der Waals surface area contributed by atoms with Crippen LogP contribution in [0.2, 0.25) is 5.02 Å². The standard InChI is InChI=1S/C17H17ClN2O3/c1-2-19-17(22)12-3-7-14(8-4-12)20-16(21)11-23-15-9-5-13(18)6-10-15/h3-10H,2,11H2,1H3,(H,19,22)(H,20,21). The monoisotopic (exact) mass is 332 g/mol. The van der Waals surface area contributed by atoms with Crippen molar-refractivity contribution in [2.24, 2.45) is 0 Å². The lowest BCUT2D eigenvalue weighted by atomic mass is 10.2. The fourth-order valence-corrected chi connectivity index (χ4v) is 1.97. The van der Waals surface area contributed by atoms with Crippen LogP contribution in [0.25, 0.3) is 0 Å². The van der Waals surface area contributed by atoms with Crippen LogP contribution in [0.4, 0.5) is 5.69 Å². The minimum Gasteiger partial charge on any atom is -0.484 e. The van der Waals surface area contributed by atoms with Gasteiger partial charge in [-0.05, 0) is 55.5 Å². The summed E-state index contributed by atoms with van der Waals surface area (Å²) in [5.41, 5.74) is 1.14. The van der Waals surface area contributed by atoms with Gasteiger partial charge in [0.05, 0.1) is 0 Å². The third-order valence-corrected chi connectivity index (χ3v) is 3.20. The van der Waals surface area contributed by atoms with Crippen LogP contribution in [-0.2, 0) is 4.79 Å². The van der Waals surface area contributed by atoms with E-state index in [0.29, 0.717) is 28.6 Å². The van der Waals surface area contributed by atoms with Crippen molar-refractivity contribution in [3.63, 3.8) is 0 Å². The molecule has 0 atom stereocenters. The third kappa shape index (κ3) is 5.30. The summed E-state index contributed by atoms with van der Waals surface area (Å²) in [5.74, 6) is 0.137. The number of hydrogen-bond donors (Lipinski definition) is 2. The highest BCUT2D eigenvalue weighted by Gasteiger charge is 2.06. The predicted molar refractivity (Wildman–Crippen MR) is 90.0 cm³/mol. The highest BCUT2D eigenvalue weighted by molar-refractivity contribution is 6.30. The number of benzene rings is 2. The number of amides is 2. The van der Waals surface area contributed by atoms with Crippen molar-refractivity contribution < 1.29 is 14.3 Å². The van der Waals surface area contributed by atoms with E-state index in [4.69, 9.17) is 16.3 Å². The molecule has 0 heterocycles. The molecular formula is C17H17ClN2O3. The maximum atomic E-state index is 11.8. The molecule has 0 saturated carbocycles. The van der Waals surface area contributed by atoms with Crippen molar-refractivity contribution in [3.05, 3.63) is 59.1 Å². The number of anilines is 1. The smallest absolute Gasteiger partial charge is 0.262 e. The van der Waals surface area contributed by atoms with Gasteiger partial charge >= 0.3 is 0 Å². The molecule has 23 heavy (non-hydrogen) atoms. The van der Waals surface area contributed by atoms with Crippen molar-refractivity contribution >= 4 is 29.1 Å². The van der Waals surface area contributed by atoms with Gasteiger partial charge in [0, 0.05) is 22.8 Å². The SMILES string of the molecule is CCNC(=O)c1ccc(NC(=O)COc2ccc(Cl)cc2)cc1. The molecule has 2 N–H and O–H groups in total. The highest BCUT2D eigenvalue weighted by atomic mass is 35.5. The van der Waals surface area contributed by atoms with Gasteiger partial charge in [0.25, 0.3) is 11.8 Å². The second-order valence-corrected chi connectivity index (χ2v) is 5.16. The molecule has 2 amide bonds. The summed E-state index contributed by atoms with van der Waals surface area (Å²) in [6, 6.07) is 13.4. The molecule has 6 heteroatoms. The molecule has 5 nitrogen and oxygen atoms in total. The van der Waals surface area contributed by atoms with Crippen molar-refractivity contribution in [1.29, 1.82) is 0 Å². The lowest BCUT2D eigenvalue weighted by Gasteiger charge is -2.08. The first-order chi connectivity index (χ1) is 11.1. The van der Waals surface area contributed by atoms with Crippen LogP contribution < -0.4 is 15.4 Å². The molecule has 0 radical (unpaired) electrons. The first-order valence-electron chi connectivity index (χ1n) is 7.15. The molecule has 0 aromatic heterocycles. The van der Waals surface area contributed by atoms with Crippen LogP contribution >= 0.6 is 11.6 Å². The number of nitrogens with one attached hydrogen (secondary N) is 2. The fourth-order valence-electron chi connectivity index (χ4n) is 1.84. The van der Waals surface area contributed by atoms with Crippen LogP contribution in [0.5, 0.6) is 5.75 Å². The Morgan fingerprint density at radius 3 is 2.30 bits per heavy atom. The Morgan fingerprint density at radius 2 is 1.70 bits per heavy atom. The molecule has 0 saturated heterocycles. The molecule has 0 unspecified atom stereocenters. The van der Waals surface area contributed by atoms with Gasteiger partial charge in [-0.15, -0.1) is 0 Å². The van der Waals surface area contributed by atoms with Crippen LogP contribution in [0.1, 0.15) is 17.3 Å². The lowest BCUT2D eigenvalue weighted by molar-refractivity contribution is -0.118. The van der Waals surface area contributed by atoms with Gasteiger partial charge in [-0.3, -0.25) is 9.59 Å². The van der Waals surface area contributed by atoms with E-state index in [1.54, 1.807) is 48.5 Å². The molecule has 2 aromatic rings. The molecular weight excluding hydrogens is 316 g/mol. The van der Waals surface area contributed by atoms with E-state index >= 15 is 0 Å². The van der Waals surface area contributed by atoms with E-state index in [0.717, 1.165) is 0 Å². The Kier molecular flexibility index (Phi) is 6.00. The molecule has 0 aliphatic carbocycles. The largest absolute Gasteiger partial charge is 0.484 e. The minimum absolute atomic E-state index is 0.111. The number of hydrogen-bond acceptors (Lipinski definition) is 3. The van der Waals surface area contributed by atoms with Gasteiger partial charge in [0.15, 0.2) is 6.61 Å². The average molecular weight is 333 g/mol. The van der Waals surface area contributed by atoms with Crippen LogP contribution in [0, 0.1) is 0 Å². The summed E-state index contributed by atoms with van der Waals surface area (Å²) >= 11 is 5.77. The van der Waals surface area contributed by atoms with E-state index in [9.17, 15) is 9.59 Å². The topological polar surface area (TPSA) is 67.4 Å². The van der Waals surface area contributed by atoms with E-state index in [-0.39, 0.29) is 18.4 Å². The van der Waals surface area contributed by atoms with Crippen molar-refractivity contribution in [2.45, 2.75) is 6.92 Å². The fraction of sp³-hybridized carbons (Fsp3) is 0.176. The summed E-state index contributed by atoms with van der Waals surface area (Å²) in [4.78, 5) is 23.5.